The number of aromatic nitrogens is 2. The number of benzene rings is 1. The van der Waals surface area contributed by atoms with Crippen LogP contribution in [-0.4, -0.2) is 44.5 Å². The number of nitrogens with zero attached hydrogens (tertiary/aromatic N) is 2. The minimum Gasteiger partial charge on any atom is -0.453 e. The van der Waals surface area contributed by atoms with Crippen LogP contribution in [0.2, 0.25) is 25.7 Å². The molecule has 1 heterocycles. The average molecular weight is 446 g/mol. The molecule has 0 bridgehead atoms. The maximum Gasteiger partial charge on any atom is 0.411 e. The van der Waals surface area contributed by atoms with Gasteiger partial charge < -0.3 is 25.1 Å². The summed E-state index contributed by atoms with van der Waals surface area (Å²) in [6.07, 6.45) is 4.01. The number of rotatable bonds is 11. The van der Waals surface area contributed by atoms with E-state index in [0.29, 0.717) is 18.1 Å². The Hall–Kier alpha value is -2.62. The molecular weight excluding hydrogens is 410 g/mol. The van der Waals surface area contributed by atoms with E-state index in [1.165, 1.54) is 7.11 Å². The molecule has 0 saturated heterocycles. The number of anilines is 2. The molecule has 1 aromatic heterocycles. The number of imidazole rings is 1. The molecule has 1 amide bonds. The summed E-state index contributed by atoms with van der Waals surface area (Å²) in [5.74, 6) is 0.863. The van der Waals surface area contributed by atoms with Gasteiger partial charge in [0.2, 0.25) is 0 Å². The van der Waals surface area contributed by atoms with Gasteiger partial charge in [-0.15, -0.1) is 6.58 Å². The highest BCUT2D eigenvalue weighted by Gasteiger charge is 2.19. The lowest BCUT2D eigenvalue weighted by molar-refractivity contribution is 0.0839. The van der Waals surface area contributed by atoms with Crippen LogP contribution in [0.4, 0.5) is 16.2 Å². The first-order chi connectivity index (χ1) is 14.7. The van der Waals surface area contributed by atoms with Crippen LogP contribution in [0.25, 0.3) is 11.3 Å². The van der Waals surface area contributed by atoms with Gasteiger partial charge in [-0.05, 0) is 37.7 Å². The second-order valence-electron chi connectivity index (χ2n) is 8.59. The van der Waals surface area contributed by atoms with Crippen LogP contribution >= 0.6 is 0 Å². The molecule has 0 saturated carbocycles. The molecule has 9 heteroatoms. The van der Waals surface area contributed by atoms with Gasteiger partial charge in [0.15, 0.2) is 0 Å². The second kappa shape index (κ2) is 11.1. The van der Waals surface area contributed by atoms with Crippen molar-refractivity contribution in [2.24, 2.45) is 0 Å². The normalized spacial score (nSPS) is 12.4. The Morgan fingerprint density at radius 2 is 2.13 bits per heavy atom. The summed E-state index contributed by atoms with van der Waals surface area (Å²) in [6, 6.07) is 6.41. The van der Waals surface area contributed by atoms with Crippen LogP contribution in [0, 0.1) is 0 Å². The van der Waals surface area contributed by atoms with E-state index < -0.39 is 14.2 Å². The maximum absolute atomic E-state index is 11.4. The largest absolute Gasteiger partial charge is 0.453 e. The Kier molecular flexibility index (Phi) is 8.84. The van der Waals surface area contributed by atoms with E-state index in [9.17, 15) is 4.79 Å². The van der Waals surface area contributed by atoms with Gasteiger partial charge in [-0.25, -0.2) is 9.78 Å². The van der Waals surface area contributed by atoms with Gasteiger partial charge in [-0.2, -0.15) is 0 Å². The van der Waals surface area contributed by atoms with E-state index in [0.717, 1.165) is 36.2 Å². The first kappa shape index (κ1) is 24.6. The number of ether oxygens (including phenoxy) is 2. The van der Waals surface area contributed by atoms with Crippen LogP contribution in [0.1, 0.15) is 18.3 Å². The third-order valence-electron chi connectivity index (χ3n) is 4.86. The van der Waals surface area contributed by atoms with Crippen molar-refractivity contribution in [2.45, 2.75) is 44.9 Å². The van der Waals surface area contributed by atoms with E-state index in [2.05, 4.69) is 41.6 Å². The van der Waals surface area contributed by atoms with Crippen molar-refractivity contribution in [1.29, 1.82) is 0 Å². The number of nitrogen functional groups attached to an aromatic ring is 1. The zero-order valence-corrected chi connectivity index (χ0v) is 20.2. The third-order valence-corrected chi connectivity index (χ3v) is 6.56. The number of hydrogen-bond donors (Lipinski definition) is 3. The minimum atomic E-state index is -1.16. The van der Waals surface area contributed by atoms with Crippen molar-refractivity contribution < 1.29 is 14.3 Å². The molecule has 0 aliphatic carbocycles. The van der Waals surface area contributed by atoms with E-state index in [-0.39, 0.29) is 6.04 Å². The van der Waals surface area contributed by atoms with E-state index >= 15 is 0 Å². The fraction of sp³-hybridized carbons (Fsp3) is 0.455. The van der Waals surface area contributed by atoms with E-state index in [1.54, 1.807) is 12.1 Å². The molecule has 170 valence electrons. The van der Waals surface area contributed by atoms with Crippen LogP contribution in [-0.2, 0) is 16.2 Å². The Morgan fingerprint density at radius 3 is 2.71 bits per heavy atom. The molecule has 4 N–H and O–H groups in total. The van der Waals surface area contributed by atoms with Crippen LogP contribution < -0.4 is 16.4 Å². The summed E-state index contributed by atoms with van der Waals surface area (Å²) >= 11 is 0. The second-order valence-corrected chi connectivity index (χ2v) is 14.2. The highest BCUT2D eigenvalue weighted by molar-refractivity contribution is 6.76. The van der Waals surface area contributed by atoms with Gasteiger partial charge in [-0.3, -0.25) is 5.32 Å². The summed E-state index contributed by atoms with van der Waals surface area (Å²) in [7, 11) is 2.06. The quantitative estimate of drug-likeness (QED) is 0.204. The molecule has 1 aromatic carbocycles. The number of carbonyl (C=O) groups is 1. The van der Waals surface area contributed by atoms with Crippen molar-refractivity contribution in [3.8, 4) is 11.3 Å². The van der Waals surface area contributed by atoms with Crippen molar-refractivity contribution in [1.82, 2.24) is 14.9 Å². The number of nitrogens with two attached hydrogens (primary N) is 1. The molecule has 0 aliphatic heterocycles. The fourth-order valence-electron chi connectivity index (χ4n) is 3.04. The molecule has 0 spiro atoms. The number of nitrogens with one attached hydrogen (secondary N) is 2. The Bertz CT molecular complexity index is 892. The molecule has 2 aromatic rings. The number of carbonyl (C=O) groups excluding carboxylic acids is 1. The molecule has 8 nitrogen and oxygen atoms in total. The SMILES string of the molecule is C=CC[C@H](NC)c1nc(-c2ccc(NC(=O)OC)cc2N)cn1COCC[Si](C)(C)C. The molecular formula is C22H35N5O3Si. The minimum absolute atomic E-state index is 0.00771. The first-order valence-corrected chi connectivity index (χ1v) is 14.1. The molecule has 0 radical (unpaired) electrons. The van der Waals surface area contributed by atoms with Gasteiger partial charge in [-0.1, -0.05) is 25.7 Å². The predicted octanol–water partition coefficient (Wildman–Crippen LogP) is 4.46. The van der Waals surface area contributed by atoms with Gasteiger partial charge in [0.25, 0.3) is 0 Å². The molecule has 0 aliphatic rings. The van der Waals surface area contributed by atoms with E-state index in [4.69, 9.17) is 15.5 Å². The average Bonchev–Trinajstić information content (AvgIpc) is 3.12. The summed E-state index contributed by atoms with van der Waals surface area (Å²) < 4.78 is 12.6. The van der Waals surface area contributed by atoms with Crippen molar-refractivity contribution in [3.63, 3.8) is 0 Å². The highest BCUT2D eigenvalue weighted by Crippen LogP contribution is 2.30. The summed E-state index contributed by atoms with van der Waals surface area (Å²) in [6.45, 7) is 12.0. The third kappa shape index (κ3) is 7.23. The topological polar surface area (TPSA) is 103 Å². The standard InChI is InChI=1S/C22H35N5O3Si/c1-7-8-19(24-2)21-26-20(14-27(21)15-30-11-12-31(4,5)6)17-10-9-16(13-18(17)23)25-22(28)29-3/h7,9-10,13-14,19,24H,1,8,11-12,15,23H2,2-6H3,(H,25,28)/t19-/m0/s1. The highest BCUT2D eigenvalue weighted by atomic mass is 28.3. The lowest BCUT2D eigenvalue weighted by Gasteiger charge is -2.18. The van der Waals surface area contributed by atoms with Crippen molar-refractivity contribution in [3.05, 3.63) is 42.9 Å². The first-order valence-electron chi connectivity index (χ1n) is 10.4. The molecule has 31 heavy (non-hydrogen) atoms. The number of methoxy groups -OCH3 is 1. The zero-order chi connectivity index (χ0) is 23.0. The number of amides is 1. The predicted molar refractivity (Wildman–Crippen MR) is 129 cm³/mol. The molecule has 2 rings (SSSR count). The van der Waals surface area contributed by atoms with Crippen LogP contribution in [0.15, 0.2) is 37.1 Å². The fourth-order valence-corrected chi connectivity index (χ4v) is 3.80. The van der Waals surface area contributed by atoms with Gasteiger partial charge in [0.1, 0.15) is 12.6 Å². The van der Waals surface area contributed by atoms with Crippen LogP contribution in [0.3, 0.4) is 0 Å². The smallest absolute Gasteiger partial charge is 0.411 e. The lowest BCUT2D eigenvalue weighted by atomic mass is 10.1. The summed E-state index contributed by atoms with van der Waals surface area (Å²) in [5, 5.41) is 5.91. The maximum atomic E-state index is 11.4. The van der Waals surface area contributed by atoms with Gasteiger partial charge >= 0.3 is 6.09 Å². The van der Waals surface area contributed by atoms with Crippen molar-refractivity contribution in [2.75, 3.05) is 31.8 Å². The Balaban J connectivity index is 2.30. The number of hydrogen-bond acceptors (Lipinski definition) is 6. The van der Waals surface area contributed by atoms with Crippen LogP contribution in [0.5, 0.6) is 0 Å². The Morgan fingerprint density at radius 1 is 1.39 bits per heavy atom. The molecule has 0 fully saturated rings. The lowest BCUT2D eigenvalue weighted by Crippen LogP contribution is -2.23. The zero-order valence-electron chi connectivity index (χ0n) is 19.2. The monoisotopic (exact) mass is 445 g/mol. The van der Waals surface area contributed by atoms with Crippen molar-refractivity contribution >= 4 is 25.5 Å². The molecule has 0 unspecified atom stereocenters. The van der Waals surface area contributed by atoms with Gasteiger partial charge in [0, 0.05) is 37.8 Å². The molecule has 1 atom stereocenters. The van der Waals surface area contributed by atoms with E-state index in [1.807, 2.05) is 30.0 Å². The summed E-state index contributed by atoms with van der Waals surface area (Å²) in [5.41, 5.74) is 8.86. The Labute approximate surface area is 185 Å². The van der Waals surface area contributed by atoms with Gasteiger partial charge in [0.05, 0.1) is 18.8 Å². The summed E-state index contributed by atoms with van der Waals surface area (Å²) in [4.78, 5) is 16.3.